The van der Waals surface area contributed by atoms with E-state index in [9.17, 15) is 9.59 Å². The molecular formula is C18H19NO5. The second kappa shape index (κ2) is 7.31. The molecule has 6 heteroatoms. The largest absolute Gasteiger partial charge is 0.475 e. The van der Waals surface area contributed by atoms with Crippen molar-refractivity contribution in [2.75, 3.05) is 13.2 Å². The average molecular weight is 329 g/mol. The summed E-state index contributed by atoms with van der Waals surface area (Å²) in [6, 6.07) is 12.6. The number of carboxylic acids is 1. The number of benzene rings is 1. The van der Waals surface area contributed by atoms with Crippen LogP contribution >= 0.6 is 0 Å². The molecule has 1 aromatic heterocycles. The molecule has 3 rings (SSSR count). The van der Waals surface area contributed by atoms with E-state index in [2.05, 4.69) is 5.32 Å². The molecule has 0 bridgehead atoms. The van der Waals surface area contributed by atoms with Gasteiger partial charge in [0.1, 0.15) is 0 Å². The highest BCUT2D eigenvalue weighted by atomic mass is 16.5. The number of carbonyl (C=O) groups is 2. The van der Waals surface area contributed by atoms with Gasteiger partial charge in [0.25, 0.3) is 5.91 Å². The Kier molecular flexibility index (Phi) is 4.96. The monoisotopic (exact) mass is 329 g/mol. The summed E-state index contributed by atoms with van der Waals surface area (Å²) in [5.41, 5.74) is 1.10. The number of rotatable bonds is 5. The molecule has 0 saturated carbocycles. The van der Waals surface area contributed by atoms with Crippen LogP contribution in [-0.4, -0.2) is 30.1 Å². The first-order valence-corrected chi connectivity index (χ1v) is 7.93. The third-order valence-corrected chi connectivity index (χ3v) is 4.14. The van der Waals surface area contributed by atoms with Gasteiger partial charge in [0.2, 0.25) is 5.76 Å². The standard InChI is InChI=1S/C18H19NO5/c20-17(14-8-9-15(24-14)18(21)22)19-11-13-7-4-10-23-16(13)12-5-2-1-3-6-12/h1-3,5-6,8-9,13,16H,4,7,10-11H2,(H,19,20)(H,21,22). The quantitative estimate of drug-likeness (QED) is 0.880. The average Bonchev–Trinajstić information content (AvgIpc) is 3.11. The molecule has 2 aromatic rings. The molecule has 126 valence electrons. The Morgan fingerprint density at radius 1 is 1.12 bits per heavy atom. The summed E-state index contributed by atoms with van der Waals surface area (Å²) in [6.07, 6.45) is 1.86. The van der Waals surface area contributed by atoms with Crippen molar-refractivity contribution in [1.82, 2.24) is 5.32 Å². The van der Waals surface area contributed by atoms with Crippen molar-refractivity contribution in [3.63, 3.8) is 0 Å². The van der Waals surface area contributed by atoms with Gasteiger partial charge >= 0.3 is 5.97 Å². The molecule has 2 unspecified atom stereocenters. The lowest BCUT2D eigenvalue weighted by Gasteiger charge is -2.32. The van der Waals surface area contributed by atoms with Crippen LogP contribution in [0.5, 0.6) is 0 Å². The lowest BCUT2D eigenvalue weighted by atomic mass is 9.89. The highest BCUT2D eigenvalue weighted by molar-refractivity contribution is 5.93. The van der Waals surface area contributed by atoms with E-state index in [0.29, 0.717) is 13.2 Å². The summed E-state index contributed by atoms with van der Waals surface area (Å²) < 4.78 is 10.9. The van der Waals surface area contributed by atoms with Gasteiger partial charge in [0.15, 0.2) is 5.76 Å². The van der Waals surface area contributed by atoms with Gasteiger partial charge in [-0.05, 0) is 30.5 Å². The van der Waals surface area contributed by atoms with E-state index >= 15 is 0 Å². The highest BCUT2D eigenvalue weighted by Gasteiger charge is 2.28. The molecule has 1 amide bonds. The number of carbonyl (C=O) groups excluding carboxylic acids is 1. The first kappa shape index (κ1) is 16.3. The normalized spacial score (nSPS) is 20.5. The Morgan fingerprint density at radius 3 is 2.58 bits per heavy atom. The van der Waals surface area contributed by atoms with Gasteiger partial charge in [0.05, 0.1) is 6.10 Å². The first-order valence-electron chi connectivity index (χ1n) is 7.93. The number of nitrogens with one attached hydrogen (secondary N) is 1. The van der Waals surface area contributed by atoms with Gasteiger partial charge in [-0.3, -0.25) is 4.79 Å². The van der Waals surface area contributed by atoms with Gasteiger partial charge in [-0.25, -0.2) is 4.79 Å². The second-order valence-corrected chi connectivity index (χ2v) is 5.78. The smallest absolute Gasteiger partial charge is 0.371 e. The van der Waals surface area contributed by atoms with Crippen molar-refractivity contribution in [1.29, 1.82) is 0 Å². The fourth-order valence-electron chi connectivity index (χ4n) is 2.95. The number of amides is 1. The minimum absolute atomic E-state index is 0.000360. The molecule has 1 aliphatic rings. The molecular weight excluding hydrogens is 310 g/mol. The molecule has 6 nitrogen and oxygen atoms in total. The number of furan rings is 1. The molecule has 2 N–H and O–H groups in total. The van der Waals surface area contributed by atoms with E-state index in [1.54, 1.807) is 0 Å². The Labute approximate surface area is 139 Å². The highest BCUT2D eigenvalue weighted by Crippen LogP contribution is 2.33. The Balaban J connectivity index is 1.63. The number of aromatic carboxylic acids is 1. The van der Waals surface area contributed by atoms with Crippen molar-refractivity contribution in [2.45, 2.75) is 18.9 Å². The lowest BCUT2D eigenvalue weighted by molar-refractivity contribution is -0.0273. The number of carboxylic acid groups (broad SMARTS) is 1. The summed E-state index contributed by atoms with van der Waals surface area (Å²) in [6.45, 7) is 1.16. The van der Waals surface area contributed by atoms with Crippen molar-refractivity contribution in [3.05, 3.63) is 59.5 Å². The van der Waals surface area contributed by atoms with Crippen LogP contribution in [0.3, 0.4) is 0 Å². The van der Waals surface area contributed by atoms with E-state index in [0.717, 1.165) is 18.4 Å². The summed E-state index contributed by atoms with van der Waals surface area (Å²) in [7, 11) is 0. The van der Waals surface area contributed by atoms with E-state index in [4.69, 9.17) is 14.3 Å². The van der Waals surface area contributed by atoms with E-state index < -0.39 is 11.9 Å². The van der Waals surface area contributed by atoms with Crippen molar-refractivity contribution in [3.8, 4) is 0 Å². The maximum absolute atomic E-state index is 12.1. The molecule has 1 saturated heterocycles. The third-order valence-electron chi connectivity index (χ3n) is 4.14. The molecule has 1 aromatic carbocycles. The van der Waals surface area contributed by atoms with E-state index in [-0.39, 0.29) is 23.5 Å². The van der Waals surface area contributed by atoms with Crippen LogP contribution in [0.15, 0.2) is 46.9 Å². The zero-order chi connectivity index (χ0) is 16.9. The predicted molar refractivity (Wildman–Crippen MR) is 85.9 cm³/mol. The van der Waals surface area contributed by atoms with Gasteiger partial charge in [0, 0.05) is 19.1 Å². The number of hydrogen-bond donors (Lipinski definition) is 2. The SMILES string of the molecule is O=C(O)c1ccc(C(=O)NCC2CCCOC2c2ccccc2)o1. The summed E-state index contributed by atoms with van der Waals surface area (Å²) in [4.78, 5) is 22.9. The van der Waals surface area contributed by atoms with Crippen LogP contribution < -0.4 is 5.32 Å². The third kappa shape index (κ3) is 3.65. The molecule has 2 heterocycles. The fourth-order valence-corrected chi connectivity index (χ4v) is 2.95. The number of ether oxygens (including phenoxy) is 1. The van der Waals surface area contributed by atoms with Gasteiger partial charge < -0.3 is 19.6 Å². The zero-order valence-corrected chi connectivity index (χ0v) is 13.1. The van der Waals surface area contributed by atoms with Crippen molar-refractivity contribution >= 4 is 11.9 Å². The predicted octanol–water partition coefficient (Wildman–Crippen LogP) is 2.88. The Morgan fingerprint density at radius 2 is 1.88 bits per heavy atom. The van der Waals surface area contributed by atoms with E-state index in [1.807, 2.05) is 30.3 Å². The lowest BCUT2D eigenvalue weighted by Crippen LogP contribution is -2.35. The number of hydrogen-bond acceptors (Lipinski definition) is 4. The van der Waals surface area contributed by atoms with Crippen LogP contribution in [0.2, 0.25) is 0 Å². The minimum atomic E-state index is -1.20. The van der Waals surface area contributed by atoms with Crippen molar-refractivity contribution < 1.29 is 23.8 Å². The van der Waals surface area contributed by atoms with Gasteiger partial charge in [-0.2, -0.15) is 0 Å². The minimum Gasteiger partial charge on any atom is -0.475 e. The molecule has 1 fully saturated rings. The van der Waals surface area contributed by atoms with Crippen LogP contribution in [0.4, 0.5) is 0 Å². The second-order valence-electron chi connectivity index (χ2n) is 5.78. The maximum Gasteiger partial charge on any atom is 0.371 e. The molecule has 2 atom stereocenters. The fraction of sp³-hybridized carbons (Fsp3) is 0.333. The summed E-state index contributed by atoms with van der Waals surface area (Å²) in [5.74, 6) is -1.69. The van der Waals surface area contributed by atoms with Crippen LogP contribution in [-0.2, 0) is 4.74 Å². The van der Waals surface area contributed by atoms with Gasteiger partial charge in [-0.15, -0.1) is 0 Å². The van der Waals surface area contributed by atoms with Crippen molar-refractivity contribution in [2.24, 2.45) is 5.92 Å². The first-order chi connectivity index (χ1) is 11.6. The van der Waals surface area contributed by atoms with E-state index in [1.165, 1.54) is 12.1 Å². The Hall–Kier alpha value is -2.60. The molecule has 1 aliphatic heterocycles. The van der Waals surface area contributed by atoms with Gasteiger partial charge in [-0.1, -0.05) is 30.3 Å². The van der Waals surface area contributed by atoms with Crippen LogP contribution in [0, 0.1) is 5.92 Å². The van der Waals surface area contributed by atoms with Crippen LogP contribution in [0.25, 0.3) is 0 Å². The summed E-state index contributed by atoms with van der Waals surface area (Å²) >= 11 is 0. The Bertz CT molecular complexity index is 709. The molecule has 0 spiro atoms. The molecule has 0 radical (unpaired) electrons. The zero-order valence-electron chi connectivity index (χ0n) is 13.1. The molecule has 24 heavy (non-hydrogen) atoms. The molecule has 0 aliphatic carbocycles. The van der Waals surface area contributed by atoms with Crippen LogP contribution in [0.1, 0.15) is 45.6 Å². The topological polar surface area (TPSA) is 88.8 Å². The summed E-state index contributed by atoms with van der Waals surface area (Å²) in [5, 5.41) is 11.6. The maximum atomic E-state index is 12.1.